The highest BCUT2D eigenvalue weighted by atomic mass is 16.5. The Labute approximate surface area is 97.3 Å². The quantitative estimate of drug-likeness (QED) is 0.608. The van der Waals surface area contributed by atoms with Crippen LogP contribution < -0.4 is 4.74 Å². The second kappa shape index (κ2) is 6.19. The molecule has 1 atom stereocenters. The molecule has 0 unspecified atom stereocenters. The maximum absolute atomic E-state index is 9.42. The number of benzene rings is 1. The molecule has 0 bridgehead atoms. The fraction of sp³-hybridized carbons (Fsp3) is 0.429. The van der Waals surface area contributed by atoms with Crippen molar-refractivity contribution in [1.82, 2.24) is 0 Å². The Kier molecular flexibility index (Phi) is 4.88. The van der Waals surface area contributed by atoms with Gasteiger partial charge in [0, 0.05) is 6.42 Å². The minimum absolute atomic E-state index is 0.436. The predicted molar refractivity (Wildman–Crippen MR) is 65.4 cm³/mol. The smallest absolute Gasteiger partial charge is 0.122 e. The van der Waals surface area contributed by atoms with Crippen molar-refractivity contribution in [2.75, 3.05) is 6.61 Å². The predicted octanol–water partition coefficient (Wildman–Crippen LogP) is 2.84. The molecule has 0 spiro atoms. The van der Waals surface area contributed by atoms with Gasteiger partial charge in [-0.15, -0.1) is 12.3 Å². The highest BCUT2D eigenvalue weighted by Crippen LogP contribution is 2.22. The van der Waals surface area contributed by atoms with Gasteiger partial charge in [0.15, 0.2) is 0 Å². The van der Waals surface area contributed by atoms with E-state index in [2.05, 4.69) is 5.92 Å². The van der Waals surface area contributed by atoms with Gasteiger partial charge in [-0.25, -0.2) is 0 Å². The molecule has 0 saturated carbocycles. The van der Waals surface area contributed by atoms with Gasteiger partial charge in [0.25, 0.3) is 0 Å². The van der Waals surface area contributed by atoms with Crippen molar-refractivity contribution >= 4 is 0 Å². The average molecular weight is 218 g/mol. The van der Waals surface area contributed by atoms with Gasteiger partial charge in [-0.1, -0.05) is 6.07 Å². The summed E-state index contributed by atoms with van der Waals surface area (Å²) in [5.41, 5.74) is 1.95. The minimum atomic E-state index is -0.436. The highest BCUT2D eigenvalue weighted by Gasteiger charge is 2.04. The van der Waals surface area contributed by atoms with Crippen LogP contribution in [0.25, 0.3) is 0 Å². The van der Waals surface area contributed by atoms with Crippen molar-refractivity contribution in [2.24, 2.45) is 0 Å². The van der Waals surface area contributed by atoms with Gasteiger partial charge < -0.3 is 9.84 Å². The van der Waals surface area contributed by atoms with E-state index in [0.717, 1.165) is 29.7 Å². The Bertz CT molecular complexity index is 375. The topological polar surface area (TPSA) is 29.5 Å². The molecule has 86 valence electrons. The molecule has 1 N–H and O–H groups in total. The summed E-state index contributed by atoms with van der Waals surface area (Å²) in [6.45, 7) is 4.36. The summed E-state index contributed by atoms with van der Waals surface area (Å²) >= 11 is 0. The molecule has 0 amide bonds. The number of hydrogen-bond donors (Lipinski definition) is 1. The first-order valence-corrected chi connectivity index (χ1v) is 5.50. The van der Waals surface area contributed by atoms with Crippen molar-refractivity contribution in [3.8, 4) is 18.1 Å². The Morgan fingerprint density at radius 3 is 2.81 bits per heavy atom. The summed E-state index contributed by atoms with van der Waals surface area (Å²) in [7, 11) is 0. The summed E-state index contributed by atoms with van der Waals surface area (Å²) in [6, 6.07) is 5.72. The number of aryl methyl sites for hydroxylation is 1. The van der Waals surface area contributed by atoms with E-state index >= 15 is 0 Å². The van der Waals surface area contributed by atoms with Crippen molar-refractivity contribution < 1.29 is 9.84 Å². The Balaban J connectivity index is 2.58. The van der Waals surface area contributed by atoms with E-state index in [-0.39, 0.29) is 0 Å². The zero-order chi connectivity index (χ0) is 12.0. The first kappa shape index (κ1) is 12.6. The molecule has 0 aliphatic heterocycles. The molecule has 16 heavy (non-hydrogen) atoms. The van der Waals surface area contributed by atoms with Crippen LogP contribution in [0.5, 0.6) is 5.75 Å². The molecule has 0 saturated heterocycles. The molecule has 0 heterocycles. The van der Waals surface area contributed by atoms with Crippen LogP contribution in [0.15, 0.2) is 18.2 Å². The molecule has 1 rings (SSSR count). The molecular weight excluding hydrogens is 200 g/mol. The number of terminal acetylenes is 1. The Morgan fingerprint density at radius 2 is 2.25 bits per heavy atom. The molecule has 1 aromatic rings. The lowest BCUT2D eigenvalue weighted by Crippen LogP contribution is -1.99. The van der Waals surface area contributed by atoms with Crippen LogP contribution >= 0.6 is 0 Å². The third kappa shape index (κ3) is 3.60. The molecule has 0 fully saturated rings. The fourth-order valence-corrected chi connectivity index (χ4v) is 1.45. The molecule has 2 heteroatoms. The van der Waals surface area contributed by atoms with Crippen molar-refractivity contribution in [3.05, 3.63) is 29.3 Å². The van der Waals surface area contributed by atoms with Crippen LogP contribution in [-0.2, 0) is 0 Å². The van der Waals surface area contributed by atoms with Crippen molar-refractivity contribution in [1.29, 1.82) is 0 Å². The first-order valence-electron chi connectivity index (χ1n) is 5.50. The average Bonchev–Trinajstić information content (AvgIpc) is 2.26. The van der Waals surface area contributed by atoms with Crippen LogP contribution in [0.3, 0.4) is 0 Å². The summed E-state index contributed by atoms with van der Waals surface area (Å²) in [6.07, 6.45) is 6.33. The minimum Gasteiger partial charge on any atom is -0.493 e. The zero-order valence-corrected chi connectivity index (χ0v) is 9.86. The lowest BCUT2D eigenvalue weighted by atomic mass is 10.1. The fourth-order valence-electron chi connectivity index (χ4n) is 1.45. The van der Waals surface area contributed by atoms with E-state index in [9.17, 15) is 5.11 Å². The van der Waals surface area contributed by atoms with E-state index < -0.39 is 6.10 Å². The largest absolute Gasteiger partial charge is 0.493 e. The Morgan fingerprint density at radius 1 is 1.50 bits per heavy atom. The van der Waals surface area contributed by atoms with Gasteiger partial charge in [-0.3, -0.25) is 0 Å². The Hall–Kier alpha value is -1.46. The molecule has 0 aliphatic carbocycles. The van der Waals surface area contributed by atoms with Gasteiger partial charge in [0.1, 0.15) is 5.75 Å². The van der Waals surface area contributed by atoms with E-state index in [4.69, 9.17) is 11.2 Å². The van der Waals surface area contributed by atoms with Gasteiger partial charge in [0.05, 0.1) is 12.7 Å². The van der Waals surface area contributed by atoms with E-state index in [1.165, 1.54) is 0 Å². The highest BCUT2D eigenvalue weighted by molar-refractivity contribution is 5.36. The van der Waals surface area contributed by atoms with E-state index in [0.29, 0.717) is 6.61 Å². The molecular formula is C14H18O2. The van der Waals surface area contributed by atoms with Gasteiger partial charge in [-0.05, 0) is 43.5 Å². The molecule has 2 nitrogen and oxygen atoms in total. The van der Waals surface area contributed by atoms with Crippen molar-refractivity contribution in [2.45, 2.75) is 32.8 Å². The number of ether oxygens (including phenoxy) is 1. The monoisotopic (exact) mass is 218 g/mol. The van der Waals surface area contributed by atoms with Crippen LogP contribution in [0.2, 0.25) is 0 Å². The zero-order valence-electron chi connectivity index (χ0n) is 9.86. The normalized spacial score (nSPS) is 11.9. The lowest BCUT2D eigenvalue weighted by Gasteiger charge is -2.11. The van der Waals surface area contributed by atoms with Crippen LogP contribution in [0, 0.1) is 19.3 Å². The van der Waals surface area contributed by atoms with Crippen molar-refractivity contribution in [3.63, 3.8) is 0 Å². The molecule has 0 radical (unpaired) electrons. The van der Waals surface area contributed by atoms with Crippen LogP contribution in [0.1, 0.15) is 37.0 Å². The third-order valence-electron chi connectivity index (χ3n) is 2.40. The number of unbranched alkanes of at least 4 members (excludes halogenated alkanes) is 1. The number of aliphatic hydroxyl groups is 1. The molecule has 1 aromatic carbocycles. The maximum Gasteiger partial charge on any atom is 0.122 e. The first-order chi connectivity index (χ1) is 7.65. The van der Waals surface area contributed by atoms with Crippen LogP contribution in [0.4, 0.5) is 0 Å². The van der Waals surface area contributed by atoms with Crippen LogP contribution in [-0.4, -0.2) is 11.7 Å². The molecule has 0 aromatic heterocycles. The lowest BCUT2D eigenvalue weighted by molar-refractivity contribution is 0.199. The number of aliphatic hydroxyl groups excluding tert-OH is 1. The standard InChI is InChI=1S/C14H18O2/c1-4-5-6-9-16-14-8-7-13(12(3)15)10-11(14)2/h1,7-8,10,12,15H,5-6,9H2,2-3H3/t12-/m1/s1. The summed E-state index contributed by atoms with van der Waals surface area (Å²) in [5, 5.41) is 9.42. The third-order valence-corrected chi connectivity index (χ3v) is 2.40. The van der Waals surface area contributed by atoms with Gasteiger partial charge in [0.2, 0.25) is 0 Å². The summed E-state index contributed by atoms with van der Waals surface area (Å²) in [4.78, 5) is 0. The SMILES string of the molecule is C#CCCCOc1ccc([C@@H](C)O)cc1C. The van der Waals surface area contributed by atoms with E-state index in [1.54, 1.807) is 6.92 Å². The second-order valence-electron chi connectivity index (χ2n) is 3.86. The summed E-state index contributed by atoms with van der Waals surface area (Å²) in [5.74, 6) is 3.44. The number of hydrogen-bond acceptors (Lipinski definition) is 2. The number of rotatable bonds is 5. The van der Waals surface area contributed by atoms with Gasteiger partial charge in [-0.2, -0.15) is 0 Å². The van der Waals surface area contributed by atoms with Gasteiger partial charge >= 0.3 is 0 Å². The second-order valence-corrected chi connectivity index (χ2v) is 3.86. The summed E-state index contributed by atoms with van der Waals surface area (Å²) < 4.78 is 5.60. The maximum atomic E-state index is 9.42. The molecule has 0 aliphatic rings. The van der Waals surface area contributed by atoms with E-state index in [1.807, 2.05) is 25.1 Å².